The molecule has 3 heteroatoms. The van der Waals surface area contributed by atoms with Gasteiger partial charge >= 0.3 is 0 Å². The van der Waals surface area contributed by atoms with Gasteiger partial charge in [-0.3, -0.25) is 4.79 Å². The number of carbonyl (C=O) groups is 1. The van der Waals surface area contributed by atoms with Crippen molar-refractivity contribution in [2.75, 3.05) is 14.1 Å². The van der Waals surface area contributed by atoms with Crippen LogP contribution in [0.4, 0.5) is 0 Å². The van der Waals surface area contributed by atoms with Crippen molar-refractivity contribution < 1.29 is 4.79 Å². The molecule has 0 spiro atoms. The first-order chi connectivity index (χ1) is 8.59. The predicted molar refractivity (Wildman–Crippen MR) is 74.8 cm³/mol. The molecule has 2 rings (SSSR count). The third kappa shape index (κ3) is 2.93. The Hall–Kier alpha value is -0.860. The zero-order valence-corrected chi connectivity index (χ0v) is 11.8. The third-order valence-corrected chi connectivity index (χ3v) is 3.96. The lowest BCUT2D eigenvalue weighted by Gasteiger charge is -2.34. The van der Waals surface area contributed by atoms with Crippen LogP contribution in [0.1, 0.15) is 37.3 Å². The molecule has 1 aromatic rings. The maximum Gasteiger partial charge on any atom is 0.137 e. The smallest absolute Gasteiger partial charge is 0.137 e. The Kier molecular flexibility index (Phi) is 4.41. The molecule has 98 valence electrons. The first-order valence-electron chi connectivity index (χ1n) is 6.54. The molecular weight excluding hydrogens is 246 g/mol. The van der Waals surface area contributed by atoms with Crippen LogP contribution < -0.4 is 0 Å². The van der Waals surface area contributed by atoms with Crippen LogP contribution in [0.3, 0.4) is 0 Å². The lowest BCUT2D eigenvalue weighted by Crippen LogP contribution is -2.34. The van der Waals surface area contributed by atoms with Gasteiger partial charge in [0.15, 0.2) is 0 Å². The molecule has 0 aromatic heterocycles. The number of halogens is 1. The molecule has 0 bridgehead atoms. The van der Waals surface area contributed by atoms with Crippen molar-refractivity contribution in [1.29, 1.82) is 0 Å². The van der Waals surface area contributed by atoms with Crippen molar-refractivity contribution in [3.05, 3.63) is 34.9 Å². The van der Waals surface area contributed by atoms with E-state index in [0.29, 0.717) is 5.78 Å². The van der Waals surface area contributed by atoms with Crippen LogP contribution in [0.25, 0.3) is 0 Å². The van der Waals surface area contributed by atoms with Gasteiger partial charge in [-0.15, -0.1) is 0 Å². The van der Waals surface area contributed by atoms with Gasteiger partial charge in [0.05, 0.1) is 0 Å². The van der Waals surface area contributed by atoms with Crippen molar-refractivity contribution in [2.24, 2.45) is 5.92 Å². The van der Waals surface area contributed by atoms with Crippen LogP contribution in [0.15, 0.2) is 24.3 Å². The first-order valence-corrected chi connectivity index (χ1v) is 6.92. The summed E-state index contributed by atoms with van der Waals surface area (Å²) >= 11 is 6.07. The lowest BCUT2D eigenvalue weighted by atomic mass is 9.79. The van der Waals surface area contributed by atoms with Gasteiger partial charge in [0, 0.05) is 23.4 Å². The molecule has 18 heavy (non-hydrogen) atoms. The normalized spacial score (nSPS) is 22.2. The fourth-order valence-corrected chi connectivity index (χ4v) is 3.12. The van der Waals surface area contributed by atoms with E-state index in [-0.39, 0.29) is 12.0 Å². The van der Waals surface area contributed by atoms with E-state index in [2.05, 4.69) is 11.0 Å². The predicted octanol–water partition coefficient (Wildman–Crippen LogP) is 3.70. The molecule has 0 saturated heterocycles. The molecule has 2 atom stereocenters. The highest BCUT2D eigenvalue weighted by atomic mass is 35.5. The van der Waals surface area contributed by atoms with Crippen LogP contribution in [-0.2, 0) is 4.79 Å². The summed E-state index contributed by atoms with van der Waals surface area (Å²) in [5.41, 5.74) is 1.15. The first kappa shape index (κ1) is 13.6. The van der Waals surface area contributed by atoms with Crippen molar-refractivity contribution in [1.82, 2.24) is 4.90 Å². The van der Waals surface area contributed by atoms with E-state index in [1.165, 1.54) is 0 Å². The molecule has 0 amide bonds. The van der Waals surface area contributed by atoms with Gasteiger partial charge in [-0.05, 0) is 44.6 Å². The fraction of sp³-hybridized carbons (Fsp3) is 0.533. The molecule has 0 aliphatic heterocycles. The summed E-state index contributed by atoms with van der Waals surface area (Å²) in [5, 5.41) is 0.739. The Bertz CT molecular complexity index is 430. The standard InChI is InChI=1S/C15H20ClNO/c1-17(2)15(11-6-5-7-12(16)10-11)13-8-3-4-9-14(13)18/h5-7,10,13,15H,3-4,8-9H2,1-2H3. The molecule has 2 nitrogen and oxygen atoms in total. The monoisotopic (exact) mass is 265 g/mol. The van der Waals surface area contributed by atoms with E-state index in [4.69, 9.17) is 11.6 Å². The maximum absolute atomic E-state index is 12.1. The minimum Gasteiger partial charge on any atom is -0.302 e. The van der Waals surface area contributed by atoms with Crippen LogP contribution in [0, 0.1) is 5.92 Å². The molecule has 1 aliphatic carbocycles. The highest BCUT2D eigenvalue weighted by molar-refractivity contribution is 6.30. The van der Waals surface area contributed by atoms with Crippen molar-refractivity contribution in [3.63, 3.8) is 0 Å². The topological polar surface area (TPSA) is 20.3 Å². The van der Waals surface area contributed by atoms with E-state index >= 15 is 0 Å². The van der Waals surface area contributed by atoms with Gasteiger partial charge in [-0.25, -0.2) is 0 Å². The number of Topliss-reactive ketones (excluding diaryl/α,β-unsaturated/α-hetero) is 1. The zero-order valence-electron chi connectivity index (χ0n) is 11.0. The molecule has 1 saturated carbocycles. The van der Waals surface area contributed by atoms with Gasteiger partial charge in [0.2, 0.25) is 0 Å². The molecule has 2 unspecified atom stereocenters. The summed E-state index contributed by atoms with van der Waals surface area (Å²) in [6.45, 7) is 0. The maximum atomic E-state index is 12.1. The van der Waals surface area contributed by atoms with Crippen LogP contribution >= 0.6 is 11.6 Å². The van der Waals surface area contributed by atoms with E-state index in [1.54, 1.807) is 0 Å². The van der Waals surface area contributed by atoms with Crippen LogP contribution in [0.5, 0.6) is 0 Å². The van der Waals surface area contributed by atoms with E-state index in [0.717, 1.165) is 36.3 Å². The average molecular weight is 266 g/mol. The number of hydrogen-bond acceptors (Lipinski definition) is 2. The second-order valence-electron chi connectivity index (χ2n) is 5.28. The number of nitrogens with zero attached hydrogens (tertiary/aromatic N) is 1. The van der Waals surface area contributed by atoms with Gasteiger partial charge < -0.3 is 4.90 Å². The lowest BCUT2D eigenvalue weighted by molar-refractivity contribution is -0.126. The van der Waals surface area contributed by atoms with Crippen molar-refractivity contribution in [2.45, 2.75) is 31.7 Å². The summed E-state index contributed by atoms with van der Waals surface area (Å²) in [5.74, 6) is 0.521. The summed E-state index contributed by atoms with van der Waals surface area (Å²) in [4.78, 5) is 14.3. The zero-order chi connectivity index (χ0) is 13.1. The average Bonchev–Trinajstić information content (AvgIpc) is 2.32. The SMILES string of the molecule is CN(C)C(c1cccc(Cl)c1)C1CCCCC1=O. The Labute approximate surface area is 114 Å². The Morgan fingerprint density at radius 2 is 2.11 bits per heavy atom. The molecule has 1 aliphatic rings. The molecule has 0 N–H and O–H groups in total. The van der Waals surface area contributed by atoms with Gasteiger partial charge in [-0.2, -0.15) is 0 Å². The third-order valence-electron chi connectivity index (χ3n) is 3.73. The largest absolute Gasteiger partial charge is 0.302 e. The Morgan fingerprint density at radius 3 is 2.72 bits per heavy atom. The Balaban J connectivity index is 2.30. The molecule has 0 heterocycles. The number of hydrogen-bond donors (Lipinski definition) is 0. The van der Waals surface area contributed by atoms with Crippen molar-refractivity contribution in [3.8, 4) is 0 Å². The van der Waals surface area contributed by atoms with E-state index in [1.807, 2.05) is 32.3 Å². The second-order valence-corrected chi connectivity index (χ2v) is 5.72. The van der Waals surface area contributed by atoms with Gasteiger partial charge in [0.1, 0.15) is 5.78 Å². The van der Waals surface area contributed by atoms with E-state index in [9.17, 15) is 4.79 Å². The quantitative estimate of drug-likeness (QED) is 0.831. The Morgan fingerprint density at radius 1 is 1.33 bits per heavy atom. The molecule has 1 fully saturated rings. The van der Waals surface area contributed by atoms with Crippen molar-refractivity contribution >= 4 is 17.4 Å². The van der Waals surface area contributed by atoms with Gasteiger partial charge in [0.25, 0.3) is 0 Å². The van der Waals surface area contributed by atoms with Crippen LogP contribution in [-0.4, -0.2) is 24.8 Å². The van der Waals surface area contributed by atoms with Crippen LogP contribution in [0.2, 0.25) is 5.02 Å². The number of rotatable bonds is 3. The van der Waals surface area contributed by atoms with E-state index < -0.39 is 0 Å². The summed E-state index contributed by atoms with van der Waals surface area (Å²) in [7, 11) is 4.07. The number of ketones is 1. The summed E-state index contributed by atoms with van der Waals surface area (Å²) in [6.07, 6.45) is 3.93. The number of benzene rings is 1. The minimum atomic E-state index is 0.118. The molecule has 0 radical (unpaired) electrons. The summed E-state index contributed by atoms with van der Waals surface area (Å²) in [6, 6.07) is 8.03. The minimum absolute atomic E-state index is 0.118. The molecule has 1 aromatic carbocycles. The highest BCUT2D eigenvalue weighted by Crippen LogP contribution is 2.35. The molecular formula is C15H20ClNO. The highest BCUT2D eigenvalue weighted by Gasteiger charge is 2.32. The van der Waals surface area contributed by atoms with Gasteiger partial charge in [-0.1, -0.05) is 30.2 Å². The second kappa shape index (κ2) is 5.85. The fourth-order valence-electron chi connectivity index (χ4n) is 2.92. The number of carbonyl (C=O) groups excluding carboxylic acids is 1. The summed E-state index contributed by atoms with van der Waals surface area (Å²) < 4.78 is 0.